The molecule has 1 amide bonds. The van der Waals surface area contributed by atoms with Gasteiger partial charge in [-0.15, -0.1) is 0 Å². The SMILES string of the molecule is CN1CCCCC1CCC(=O)N1CCC(C#N)(c2ccccc2)CC1. The van der Waals surface area contributed by atoms with E-state index in [4.69, 9.17) is 0 Å². The summed E-state index contributed by atoms with van der Waals surface area (Å²) in [5.74, 6) is 0.263. The van der Waals surface area contributed by atoms with Crippen molar-refractivity contribution in [2.24, 2.45) is 0 Å². The van der Waals surface area contributed by atoms with Crippen LogP contribution in [-0.2, 0) is 10.2 Å². The van der Waals surface area contributed by atoms with Gasteiger partial charge >= 0.3 is 0 Å². The molecule has 2 saturated heterocycles. The maximum absolute atomic E-state index is 12.6. The Hall–Kier alpha value is -1.86. The molecule has 0 bridgehead atoms. The standard InChI is InChI=1S/C21H29N3O/c1-23-14-6-5-9-19(23)10-11-20(25)24-15-12-21(17-22,13-16-24)18-7-3-2-4-8-18/h2-4,7-8,19H,5-6,9-16H2,1H3. The van der Waals surface area contributed by atoms with Gasteiger partial charge < -0.3 is 9.80 Å². The summed E-state index contributed by atoms with van der Waals surface area (Å²) in [5, 5.41) is 9.76. The second-order valence-electron chi connectivity index (χ2n) is 7.61. The molecule has 0 aromatic heterocycles. The van der Waals surface area contributed by atoms with E-state index in [0.717, 1.165) is 31.4 Å². The Morgan fingerprint density at radius 1 is 1.20 bits per heavy atom. The van der Waals surface area contributed by atoms with Crippen molar-refractivity contribution in [3.05, 3.63) is 35.9 Å². The van der Waals surface area contributed by atoms with Crippen LogP contribution in [0.4, 0.5) is 0 Å². The van der Waals surface area contributed by atoms with E-state index in [1.54, 1.807) is 0 Å². The molecule has 2 heterocycles. The number of carbonyl (C=O) groups is 1. The molecule has 1 unspecified atom stereocenters. The van der Waals surface area contributed by atoms with Gasteiger partial charge in [0.2, 0.25) is 5.91 Å². The van der Waals surface area contributed by atoms with Crippen LogP contribution in [-0.4, -0.2) is 48.4 Å². The van der Waals surface area contributed by atoms with Gasteiger partial charge in [-0.05, 0) is 51.3 Å². The molecular weight excluding hydrogens is 310 g/mol. The molecule has 0 saturated carbocycles. The van der Waals surface area contributed by atoms with E-state index >= 15 is 0 Å². The maximum Gasteiger partial charge on any atom is 0.222 e. The van der Waals surface area contributed by atoms with Gasteiger partial charge in [0.05, 0.1) is 11.5 Å². The Balaban J connectivity index is 1.53. The zero-order chi connectivity index (χ0) is 17.7. The molecule has 1 atom stereocenters. The lowest BCUT2D eigenvalue weighted by Crippen LogP contribution is -2.45. The number of benzene rings is 1. The summed E-state index contributed by atoms with van der Waals surface area (Å²) in [4.78, 5) is 17.0. The summed E-state index contributed by atoms with van der Waals surface area (Å²) in [7, 11) is 2.18. The topological polar surface area (TPSA) is 47.3 Å². The zero-order valence-electron chi connectivity index (χ0n) is 15.3. The number of rotatable bonds is 4. The van der Waals surface area contributed by atoms with E-state index in [-0.39, 0.29) is 5.91 Å². The van der Waals surface area contributed by atoms with Crippen molar-refractivity contribution >= 4 is 5.91 Å². The van der Waals surface area contributed by atoms with Gasteiger partial charge in [-0.3, -0.25) is 4.79 Å². The highest BCUT2D eigenvalue weighted by atomic mass is 16.2. The van der Waals surface area contributed by atoms with Crippen molar-refractivity contribution in [2.75, 3.05) is 26.7 Å². The van der Waals surface area contributed by atoms with Crippen molar-refractivity contribution < 1.29 is 4.79 Å². The van der Waals surface area contributed by atoms with Crippen LogP contribution in [0.3, 0.4) is 0 Å². The van der Waals surface area contributed by atoms with Crippen LogP contribution in [0.1, 0.15) is 50.5 Å². The Morgan fingerprint density at radius 2 is 1.92 bits per heavy atom. The molecule has 2 aliphatic rings. The number of carbonyl (C=O) groups excluding carboxylic acids is 1. The average molecular weight is 339 g/mol. The molecule has 134 valence electrons. The van der Waals surface area contributed by atoms with Crippen LogP contribution in [0.15, 0.2) is 30.3 Å². The highest BCUT2D eigenvalue weighted by Crippen LogP contribution is 2.35. The van der Waals surface area contributed by atoms with Gasteiger partial charge in [0.1, 0.15) is 0 Å². The summed E-state index contributed by atoms with van der Waals surface area (Å²) in [6, 6.07) is 13.1. The number of hydrogen-bond donors (Lipinski definition) is 0. The fourth-order valence-corrected chi connectivity index (χ4v) is 4.32. The third-order valence-corrected chi connectivity index (χ3v) is 6.12. The minimum atomic E-state index is -0.429. The first-order valence-corrected chi connectivity index (χ1v) is 9.59. The Bertz CT molecular complexity index is 614. The molecule has 1 aromatic rings. The van der Waals surface area contributed by atoms with Crippen molar-refractivity contribution in [3.63, 3.8) is 0 Å². The smallest absolute Gasteiger partial charge is 0.222 e. The van der Waals surface area contributed by atoms with Gasteiger partial charge in [-0.2, -0.15) is 5.26 Å². The number of amides is 1. The molecule has 0 spiro atoms. The predicted molar refractivity (Wildman–Crippen MR) is 99.1 cm³/mol. The molecule has 0 radical (unpaired) electrons. The summed E-state index contributed by atoms with van der Waals surface area (Å²) in [6.45, 7) is 2.55. The summed E-state index contributed by atoms with van der Waals surface area (Å²) < 4.78 is 0. The molecule has 4 heteroatoms. The maximum atomic E-state index is 12.6. The van der Waals surface area contributed by atoms with E-state index in [1.807, 2.05) is 35.2 Å². The van der Waals surface area contributed by atoms with Gasteiger partial charge in [-0.25, -0.2) is 0 Å². The van der Waals surface area contributed by atoms with Gasteiger partial charge in [0.15, 0.2) is 0 Å². The first-order chi connectivity index (χ1) is 12.1. The molecule has 4 nitrogen and oxygen atoms in total. The van der Waals surface area contributed by atoms with Crippen molar-refractivity contribution in [1.29, 1.82) is 5.26 Å². The fraction of sp³-hybridized carbons (Fsp3) is 0.619. The number of nitrogens with zero attached hydrogens (tertiary/aromatic N) is 3. The molecule has 1 aromatic carbocycles. The second-order valence-corrected chi connectivity index (χ2v) is 7.61. The molecule has 2 aliphatic heterocycles. The minimum Gasteiger partial charge on any atom is -0.343 e. The summed E-state index contributed by atoms with van der Waals surface area (Å²) in [5.41, 5.74) is 0.662. The molecule has 0 N–H and O–H groups in total. The van der Waals surface area contributed by atoms with Crippen LogP contribution in [0.2, 0.25) is 0 Å². The van der Waals surface area contributed by atoms with Crippen molar-refractivity contribution in [3.8, 4) is 6.07 Å². The Labute approximate surface area is 151 Å². The quantitative estimate of drug-likeness (QED) is 0.845. The number of piperidine rings is 2. The zero-order valence-corrected chi connectivity index (χ0v) is 15.3. The first kappa shape index (κ1) is 17.9. The van der Waals surface area contributed by atoms with E-state index in [2.05, 4.69) is 18.0 Å². The van der Waals surface area contributed by atoms with Crippen LogP contribution < -0.4 is 0 Å². The number of likely N-dealkylation sites (tertiary alicyclic amines) is 2. The van der Waals surface area contributed by atoms with Crippen molar-refractivity contribution in [2.45, 2.75) is 56.4 Å². The molecule has 25 heavy (non-hydrogen) atoms. The Morgan fingerprint density at radius 3 is 2.56 bits per heavy atom. The van der Waals surface area contributed by atoms with Crippen LogP contribution in [0.25, 0.3) is 0 Å². The molecule has 0 aliphatic carbocycles. The third kappa shape index (κ3) is 4.04. The van der Waals surface area contributed by atoms with E-state index in [0.29, 0.717) is 25.6 Å². The lowest BCUT2D eigenvalue weighted by molar-refractivity contribution is -0.133. The highest BCUT2D eigenvalue weighted by molar-refractivity contribution is 5.76. The van der Waals surface area contributed by atoms with E-state index in [9.17, 15) is 10.1 Å². The summed E-state index contributed by atoms with van der Waals surface area (Å²) in [6.07, 6.45) is 6.87. The van der Waals surface area contributed by atoms with Crippen LogP contribution >= 0.6 is 0 Å². The minimum absolute atomic E-state index is 0.263. The second kappa shape index (κ2) is 8.01. The lowest BCUT2D eigenvalue weighted by atomic mass is 9.74. The third-order valence-electron chi connectivity index (χ3n) is 6.12. The highest BCUT2D eigenvalue weighted by Gasteiger charge is 2.37. The monoisotopic (exact) mass is 339 g/mol. The number of nitriles is 1. The fourth-order valence-electron chi connectivity index (χ4n) is 4.32. The van der Waals surface area contributed by atoms with Crippen molar-refractivity contribution in [1.82, 2.24) is 9.80 Å². The Kier molecular flexibility index (Phi) is 5.75. The molecule has 2 fully saturated rings. The normalized spacial score (nSPS) is 23.8. The average Bonchev–Trinajstić information content (AvgIpc) is 2.68. The lowest BCUT2D eigenvalue weighted by Gasteiger charge is -2.38. The van der Waals surface area contributed by atoms with E-state index < -0.39 is 5.41 Å². The molecule has 3 rings (SSSR count). The largest absolute Gasteiger partial charge is 0.343 e. The number of hydrogen-bond acceptors (Lipinski definition) is 3. The van der Waals surface area contributed by atoms with Gasteiger partial charge in [0.25, 0.3) is 0 Å². The van der Waals surface area contributed by atoms with Gasteiger partial charge in [-0.1, -0.05) is 36.8 Å². The van der Waals surface area contributed by atoms with E-state index in [1.165, 1.54) is 19.3 Å². The van der Waals surface area contributed by atoms with Gasteiger partial charge in [0, 0.05) is 25.6 Å². The molecular formula is C21H29N3O. The predicted octanol–water partition coefficient (Wildman–Crippen LogP) is 3.33. The van der Waals surface area contributed by atoms with Crippen LogP contribution in [0, 0.1) is 11.3 Å². The summed E-state index contributed by atoms with van der Waals surface area (Å²) >= 11 is 0. The first-order valence-electron chi connectivity index (χ1n) is 9.59. The van der Waals surface area contributed by atoms with Crippen LogP contribution in [0.5, 0.6) is 0 Å².